The molecule has 2 aromatic rings. The zero-order valence-electron chi connectivity index (χ0n) is 10.0. The molecule has 0 unspecified atom stereocenters. The van der Waals surface area contributed by atoms with E-state index in [9.17, 15) is 4.39 Å². The molecule has 4 nitrogen and oxygen atoms in total. The van der Waals surface area contributed by atoms with Crippen molar-refractivity contribution in [3.8, 4) is 23.6 Å². The lowest BCUT2D eigenvalue weighted by Crippen LogP contribution is -1.95. The Kier molecular flexibility index (Phi) is 3.88. The molecule has 0 aromatic heterocycles. The highest BCUT2D eigenvalue weighted by atomic mass is 79.9. The fourth-order valence-electron chi connectivity index (χ4n) is 1.54. The van der Waals surface area contributed by atoms with Gasteiger partial charge in [0, 0.05) is 5.69 Å². The van der Waals surface area contributed by atoms with Crippen LogP contribution in [0.1, 0.15) is 11.1 Å². The molecule has 20 heavy (non-hydrogen) atoms. The van der Waals surface area contributed by atoms with Crippen LogP contribution in [-0.2, 0) is 0 Å². The minimum atomic E-state index is -0.704. The highest BCUT2D eigenvalue weighted by molar-refractivity contribution is 9.10. The van der Waals surface area contributed by atoms with Gasteiger partial charge >= 0.3 is 0 Å². The molecule has 6 heteroatoms. The maximum atomic E-state index is 14.0. The van der Waals surface area contributed by atoms with E-state index in [-0.39, 0.29) is 27.1 Å². The van der Waals surface area contributed by atoms with E-state index in [0.717, 1.165) is 0 Å². The molecule has 0 radical (unpaired) electrons. The highest BCUT2D eigenvalue weighted by Crippen LogP contribution is 2.33. The summed E-state index contributed by atoms with van der Waals surface area (Å²) in [5.41, 5.74) is 6.34. The number of nitrogens with zero attached hydrogens (tertiary/aromatic N) is 2. The largest absolute Gasteiger partial charge is 0.453 e. The molecule has 0 bridgehead atoms. The average Bonchev–Trinajstić information content (AvgIpc) is 2.45. The fraction of sp³-hybridized carbons (Fsp3) is 0. The van der Waals surface area contributed by atoms with Crippen molar-refractivity contribution in [2.45, 2.75) is 0 Å². The fourth-order valence-corrected chi connectivity index (χ4v) is 1.96. The van der Waals surface area contributed by atoms with Crippen LogP contribution in [0.2, 0.25) is 0 Å². The predicted molar refractivity (Wildman–Crippen MR) is 74.5 cm³/mol. The number of hydrogen-bond acceptors (Lipinski definition) is 4. The highest BCUT2D eigenvalue weighted by Gasteiger charge is 2.14. The van der Waals surface area contributed by atoms with Gasteiger partial charge in [0.1, 0.15) is 17.9 Å². The summed E-state index contributed by atoms with van der Waals surface area (Å²) in [6.45, 7) is 0. The van der Waals surface area contributed by atoms with Crippen molar-refractivity contribution in [2.24, 2.45) is 0 Å². The Labute approximate surface area is 122 Å². The lowest BCUT2D eigenvalue weighted by atomic mass is 10.2. The summed E-state index contributed by atoms with van der Waals surface area (Å²) in [6, 6.07) is 11.0. The van der Waals surface area contributed by atoms with Crippen LogP contribution in [0.15, 0.2) is 34.8 Å². The third-order valence-corrected chi connectivity index (χ3v) is 3.29. The number of benzene rings is 2. The molecule has 0 heterocycles. The van der Waals surface area contributed by atoms with Crippen molar-refractivity contribution in [1.82, 2.24) is 0 Å². The van der Waals surface area contributed by atoms with Crippen molar-refractivity contribution >= 4 is 21.6 Å². The maximum Gasteiger partial charge on any atom is 0.181 e. The molecular weight excluding hydrogens is 325 g/mol. The Hall–Kier alpha value is -2.57. The van der Waals surface area contributed by atoms with Crippen molar-refractivity contribution in [3.63, 3.8) is 0 Å². The topological polar surface area (TPSA) is 82.8 Å². The first-order valence-electron chi connectivity index (χ1n) is 5.42. The Balaban J connectivity index is 2.44. The molecule has 0 aliphatic rings. The van der Waals surface area contributed by atoms with Crippen molar-refractivity contribution in [2.75, 3.05) is 5.73 Å². The molecular formula is C14H7BrFN3O. The van der Waals surface area contributed by atoms with Gasteiger partial charge in [-0.2, -0.15) is 10.5 Å². The van der Waals surface area contributed by atoms with Gasteiger partial charge < -0.3 is 10.5 Å². The van der Waals surface area contributed by atoms with Crippen LogP contribution < -0.4 is 10.5 Å². The van der Waals surface area contributed by atoms with Crippen LogP contribution in [0.5, 0.6) is 11.5 Å². The van der Waals surface area contributed by atoms with Crippen LogP contribution in [0.25, 0.3) is 0 Å². The molecule has 0 amide bonds. The number of hydrogen-bond donors (Lipinski definition) is 1. The standard InChI is InChI=1S/C14H7BrFN3O/c15-13-8(6-17)1-3-12(14(13)16)20-11-4-2-10(19)5-9(11)7-18/h1-5H,19H2. The molecule has 0 fully saturated rings. The van der Waals surface area contributed by atoms with Crippen LogP contribution in [-0.4, -0.2) is 0 Å². The third kappa shape index (κ3) is 2.56. The van der Waals surface area contributed by atoms with Crippen molar-refractivity contribution in [1.29, 1.82) is 10.5 Å². The zero-order valence-corrected chi connectivity index (χ0v) is 11.6. The van der Waals surface area contributed by atoms with E-state index in [2.05, 4.69) is 15.9 Å². The normalized spacial score (nSPS) is 9.60. The second-order valence-electron chi connectivity index (χ2n) is 3.82. The summed E-state index contributed by atoms with van der Waals surface area (Å²) in [6.07, 6.45) is 0. The number of nitrogens with two attached hydrogens (primary N) is 1. The van der Waals surface area contributed by atoms with E-state index in [1.165, 1.54) is 24.3 Å². The first-order valence-corrected chi connectivity index (χ1v) is 6.21. The smallest absolute Gasteiger partial charge is 0.181 e. The summed E-state index contributed by atoms with van der Waals surface area (Å²) in [5.74, 6) is -0.598. The molecule has 0 atom stereocenters. The van der Waals surface area contributed by atoms with Crippen LogP contribution in [0, 0.1) is 28.5 Å². The molecule has 0 aliphatic heterocycles. The first kappa shape index (κ1) is 13.9. The Bertz CT molecular complexity index is 762. The lowest BCUT2D eigenvalue weighted by Gasteiger charge is -2.10. The van der Waals surface area contributed by atoms with E-state index in [0.29, 0.717) is 5.69 Å². The summed E-state index contributed by atoms with van der Waals surface area (Å²) in [4.78, 5) is 0. The molecule has 98 valence electrons. The lowest BCUT2D eigenvalue weighted by molar-refractivity contribution is 0.439. The molecule has 2 rings (SSSR count). The summed E-state index contributed by atoms with van der Waals surface area (Å²) < 4.78 is 19.4. The Morgan fingerprint density at radius 1 is 1.05 bits per heavy atom. The molecule has 0 aliphatic carbocycles. The van der Waals surface area contributed by atoms with Gasteiger partial charge in [-0.3, -0.25) is 0 Å². The van der Waals surface area contributed by atoms with Crippen molar-refractivity contribution in [3.05, 3.63) is 51.7 Å². The second kappa shape index (κ2) is 5.60. The summed E-state index contributed by atoms with van der Waals surface area (Å²) in [5, 5.41) is 17.8. The number of nitrogen functional groups attached to an aromatic ring is 1. The van der Waals surface area contributed by atoms with Crippen LogP contribution >= 0.6 is 15.9 Å². The summed E-state index contributed by atoms with van der Waals surface area (Å²) in [7, 11) is 0. The van der Waals surface area contributed by atoms with Crippen molar-refractivity contribution < 1.29 is 9.13 Å². The molecule has 2 N–H and O–H groups in total. The Morgan fingerprint density at radius 3 is 2.35 bits per heavy atom. The number of anilines is 1. The predicted octanol–water partition coefficient (Wildman–Crippen LogP) is 3.71. The van der Waals surface area contributed by atoms with E-state index >= 15 is 0 Å². The summed E-state index contributed by atoms with van der Waals surface area (Å²) >= 11 is 2.99. The van der Waals surface area contributed by atoms with Gasteiger partial charge in [-0.15, -0.1) is 0 Å². The van der Waals surface area contributed by atoms with Gasteiger partial charge in [0.15, 0.2) is 11.6 Å². The second-order valence-corrected chi connectivity index (χ2v) is 4.61. The number of ether oxygens (including phenoxy) is 1. The van der Waals surface area contributed by atoms with Gasteiger partial charge in [0.05, 0.1) is 15.6 Å². The molecule has 0 spiro atoms. The number of halogens is 2. The Morgan fingerprint density at radius 2 is 1.70 bits per heavy atom. The zero-order chi connectivity index (χ0) is 14.7. The molecule has 2 aromatic carbocycles. The third-order valence-electron chi connectivity index (χ3n) is 2.51. The molecule has 0 saturated heterocycles. The van der Waals surface area contributed by atoms with Gasteiger partial charge in [0.2, 0.25) is 0 Å². The van der Waals surface area contributed by atoms with Gasteiger partial charge in [-0.1, -0.05) is 0 Å². The van der Waals surface area contributed by atoms with Gasteiger partial charge in [-0.25, -0.2) is 4.39 Å². The number of rotatable bonds is 2. The quantitative estimate of drug-likeness (QED) is 0.850. The van der Waals surface area contributed by atoms with Crippen LogP contribution in [0.3, 0.4) is 0 Å². The van der Waals surface area contributed by atoms with Gasteiger partial charge in [0.25, 0.3) is 0 Å². The van der Waals surface area contributed by atoms with Crippen LogP contribution in [0.4, 0.5) is 10.1 Å². The minimum Gasteiger partial charge on any atom is -0.453 e. The minimum absolute atomic E-state index is 0.0199. The maximum absolute atomic E-state index is 14.0. The van der Waals surface area contributed by atoms with E-state index in [1.54, 1.807) is 6.07 Å². The number of nitriles is 2. The van der Waals surface area contributed by atoms with E-state index in [4.69, 9.17) is 21.0 Å². The average molecular weight is 332 g/mol. The SMILES string of the molecule is N#Cc1cc(N)ccc1Oc1ccc(C#N)c(Br)c1F. The monoisotopic (exact) mass is 331 g/mol. The van der Waals surface area contributed by atoms with E-state index < -0.39 is 5.82 Å². The molecule has 0 saturated carbocycles. The van der Waals surface area contributed by atoms with E-state index in [1.807, 2.05) is 12.1 Å². The van der Waals surface area contributed by atoms with Gasteiger partial charge in [-0.05, 0) is 46.3 Å². The first-order chi connectivity index (χ1) is 9.56.